The summed E-state index contributed by atoms with van der Waals surface area (Å²) in [5, 5.41) is 9.86. The number of alkyl carbamates (subject to hydrolysis) is 1. The Balaban J connectivity index is 1.23. The molecule has 0 atom stereocenters. The molecule has 0 spiro atoms. The number of carbonyl (C=O) groups is 1. The van der Waals surface area contributed by atoms with Gasteiger partial charge < -0.3 is 20.7 Å². The molecule has 198 valence electrons. The second-order valence-corrected chi connectivity index (χ2v) is 10.6. The van der Waals surface area contributed by atoms with Gasteiger partial charge in [0.1, 0.15) is 5.60 Å². The van der Waals surface area contributed by atoms with Crippen LogP contribution in [0, 0.1) is 0 Å². The average Bonchev–Trinajstić information content (AvgIpc) is 3.34. The van der Waals surface area contributed by atoms with Gasteiger partial charge in [-0.3, -0.25) is 4.40 Å². The quantitative estimate of drug-likeness (QED) is 0.314. The van der Waals surface area contributed by atoms with Gasteiger partial charge in [-0.15, -0.1) is 0 Å². The number of hydrogen-bond donors (Lipinski definition) is 3. The van der Waals surface area contributed by atoms with Crippen LogP contribution in [0.1, 0.15) is 52.0 Å². The van der Waals surface area contributed by atoms with Crippen LogP contribution in [0.3, 0.4) is 0 Å². The summed E-state index contributed by atoms with van der Waals surface area (Å²) in [6.45, 7) is 6.25. The number of carbonyl (C=O) groups excluding carboxylic acids is 1. The summed E-state index contributed by atoms with van der Waals surface area (Å²) in [5.41, 5.74) is 3.04. The van der Waals surface area contributed by atoms with Crippen LogP contribution in [0.25, 0.3) is 17.0 Å². The summed E-state index contributed by atoms with van der Waals surface area (Å²) in [6, 6.07) is 12.4. The highest BCUT2D eigenvalue weighted by atomic mass is 16.6. The predicted octanol–water partition coefficient (Wildman–Crippen LogP) is 5.05. The molecule has 0 unspecified atom stereocenters. The Labute approximate surface area is 222 Å². The minimum absolute atomic E-state index is 0.118. The Morgan fingerprint density at radius 1 is 1.00 bits per heavy atom. The predicted molar refractivity (Wildman–Crippen MR) is 147 cm³/mol. The van der Waals surface area contributed by atoms with Crippen molar-refractivity contribution in [2.75, 3.05) is 10.6 Å². The zero-order valence-corrected chi connectivity index (χ0v) is 22.0. The number of nitrogens with zero attached hydrogens (tertiary/aromatic N) is 5. The minimum Gasteiger partial charge on any atom is -0.444 e. The number of rotatable bonds is 7. The standard InChI is InChI=1S/C28H34N8O2/c1-28(2,3)38-27(37)34-21-11-9-20(10-12-21)33-24-25-31-18-23(36(25)16-15-29-24)22-13-14-30-26(35-22)32-17-19-7-5-4-6-8-19/h4-8,13-16,18,20-21H,9-12,17H2,1-3H3,(H,29,33)(H,34,37)(H,30,32,35). The molecule has 4 aromatic rings. The van der Waals surface area contributed by atoms with Gasteiger partial charge in [0.05, 0.1) is 17.6 Å². The fourth-order valence-electron chi connectivity index (χ4n) is 4.62. The molecule has 3 heterocycles. The molecule has 1 aliphatic rings. The Kier molecular flexibility index (Phi) is 7.39. The molecule has 10 nitrogen and oxygen atoms in total. The van der Waals surface area contributed by atoms with Gasteiger partial charge in [-0.1, -0.05) is 30.3 Å². The average molecular weight is 515 g/mol. The summed E-state index contributed by atoms with van der Waals surface area (Å²) in [7, 11) is 0. The van der Waals surface area contributed by atoms with E-state index in [-0.39, 0.29) is 18.2 Å². The van der Waals surface area contributed by atoms with E-state index in [2.05, 4.69) is 43.0 Å². The summed E-state index contributed by atoms with van der Waals surface area (Å²) in [6.07, 6.45) is 10.5. The van der Waals surface area contributed by atoms with Crippen molar-refractivity contribution in [2.24, 2.45) is 0 Å². The molecule has 1 amide bonds. The molecule has 0 aliphatic heterocycles. The molecule has 38 heavy (non-hydrogen) atoms. The van der Waals surface area contributed by atoms with E-state index in [1.807, 2.05) is 61.8 Å². The van der Waals surface area contributed by atoms with Crippen molar-refractivity contribution in [1.29, 1.82) is 0 Å². The fourth-order valence-corrected chi connectivity index (χ4v) is 4.62. The van der Waals surface area contributed by atoms with Crippen molar-refractivity contribution >= 4 is 23.5 Å². The van der Waals surface area contributed by atoms with Crippen LogP contribution in [0.15, 0.2) is 61.2 Å². The Hall–Kier alpha value is -4.21. The van der Waals surface area contributed by atoms with Crippen LogP contribution in [0.2, 0.25) is 0 Å². The molecule has 5 rings (SSSR count). The number of fused-ring (bicyclic) bond motifs is 1. The van der Waals surface area contributed by atoms with Crippen molar-refractivity contribution in [3.05, 3.63) is 66.7 Å². The molecule has 3 N–H and O–H groups in total. The number of amides is 1. The summed E-state index contributed by atoms with van der Waals surface area (Å²) in [4.78, 5) is 30.4. The number of anilines is 2. The van der Waals surface area contributed by atoms with E-state index < -0.39 is 5.60 Å². The minimum atomic E-state index is -0.498. The largest absolute Gasteiger partial charge is 0.444 e. The molecular formula is C28H34N8O2. The summed E-state index contributed by atoms with van der Waals surface area (Å²) in [5.74, 6) is 1.30. The highest BCUT2D eigenvalue weighted by molar-refractivity contribution is 5.70. The van der Waals surface area contributed by atoms with Gasteiger partial charge in [0, 0.05) is 37.2 Å². The SMILES string of the molecule is CC(C)(C)OC(=O)NC1CCC(Nc2nccn3c(-c4ccnc(NCc5ccccc5)n4)cnc23)CC1. The molecule has 1 aromatic carbocycles. The Bertz CT molecular complexity index is 1370. The lowest BCUT2D eigenvalue weighted by Gasteiger charge is -2.30. The summed E-state index contributed by atoms with van der Waals surface area (Å²) < 4.78 is 7.39. The fraction of sp³-hybridized carbons (Fsp3) is 0.393. The van der Waals surface area contributed by atoms with Gasteiger partial charge in [0.15, 0.2) is 11.5 Å². The van der Waals surface area contributed by atoms with Gasteiger partial charge in [0.25, 0.3) is 0 Å². The van der Waals surface area contributed by atoms with Crippen molar-refractivity contribution in [3.8, 4) is 11.4 Å². The molecule has 10 heteroatoms. The smallest absolute Gasteiger partial charge is 0.407 e. The van der Waals surface area contributed by atoms with Gasteiger partial charge in [0.2, 0.25) is 5.95 Å². The lowest BCUT2D eigenvalue weighted by Crippen LogP contribution is -2.42. The number of ether oxygens (including phenoxy) is 1. The second kappa shape index (κ2) is 11.0. The lowest BCUT2D eigenvalue weighted by molar-refractivity contribution is 0.0492. The number of benzene rings is 1. The van der Waals surface area contributed by atoms with E-state index in [9.17, 15) is 4.79 Å². The van der Waals surface area contributed by atoms with E-state index >= 15 is 0 Å². The third-order valence-corrected chi connectivity index (χ3v) is 6.43. The molecular weight excluding hydrogens is 480 g/mol. The third kappa shape index (κ3) is 6.37. The van der Waals surface area contributed by atoms with Crippen molar-refractivity contribution < 1.29 is 9.53 Å². The van der Waals surface area contributed by atoms with Crippen LogP contribution >= 0.6 is 0 Å². The van der Waals surface area contributed by atoms with Gasteiger partial charge in [-0.05, 0) is 58.1 Å². The second-order valence-electron chi connectivity index (χ2n) is 10.6. The van der Waals surface area contributed by atoms with Crippen molar-refractivity contribution in [2.45, 2.75) is 70.7 Å². The van der Waals surface area contributed by atoms with Gasteiger partial charge >= 0.3 is 6.09 Å². The first kappa shape index (κ1) is 25.4. The normalized spacial score (nSPS) is 17.7. The Morgan fingerprint density at radius 2 is 1.76 bits per heavy atom. The van der Waals surface area contributed by atoms with Crippen molar-refractivity contribution in [1.82, 2.24) is 29.7 Å². The number of nitrogens with one attached hydrogen (secondary N) is 3. The third-order valence-electron chi connectivity index (χ3n) is 6.43. The van der Waals surface area contributed by atoms with E-state index in [0.29, 0.717) is 12.5 Å². The molecule has 1 saturated carbocycles. The van der Waals surface area contributed by atoms with E-state index in [1.165, 1.54) is 0 Å². The first-order chi connectivity index (χ1) is 18.3. The number of hydrogen-bond acceptors (Lipinski definition) is 8. The monoisotopic (exact) mass is 514 g/mol. The van der Waals surface area contributed by atoms with Crippen LogP contribution in [0.4, 0.5) is 16.6 Å². The number of aromatic nitrogens is 5. The molecule has 0 radical (unpaired) electrons. The maximum Gasteiger partial charge on any atom is 0.407 e. The molecule has 1 fully saturated rings. The summed E-state index contributed by atoms with van der Waals surface area (Å²) >= 11 is 0. The number of imidazole rings is 1. The van der Waals surface area contributed by atoms with E-state index in [4.69, 9.17) is 9.72 Å². The van der Waals surface area contributed by atoms with Crippen molar-refractivity contribution in [3.63, 3.8) is 0 Å². The van der Waals surface area contributed by atoms with E-state index in [1.54, 1.807) is 12.4 Å². The van der Waals surface area contributed by atoms with Gasteiger partial charge in [-0.2, -0.15) is 0 Å². The van der Waals surface area contributed by atoms with Crippen LogP contribution in [-0.4, -0.2) is 48.1 Å². The van der Waals surface area contributed by atoms with Gasteiger partial charge in [-0.25, -0.2) is 24.7 Å². The first-order valence-electron chi connectivity index (χ1n) is 13.0. The maximum atomic E-state index is 12.1. The molecule has 0 bridgehead atoms. The van der Waals surface area contributed by atoms with Crippen LogP contribution < -0.4 is 16.0 Å². The first-order valence-corrected chi connectivity index (χ1v) is 13.0. The highest BCUT2D eigenvalue weighted by Gasteiger charge is 2.25. The zero-order valence-electron chi connectivity index (χ0n) is 22.0. The van der Waals surface area contributed by atoms with Crippen LogP contribution in [0.5, 0.6) is 0 Å². The molecule has 1 aliphatic carbocycles. The lowest BCUT2D eigenvalue weighted by atomic mass is 9.91. The maximum absolute atomic E-state index is 12.1. The zero-order chi connectivity index (χ0) is 26.5. The van der Waals surface area contributed by atoms with Crippen LogP contribution in [-0.2, 0) is 11.3 Å². The Morgan fingerprint density at radius 3 is 2.53 bits per heavy atom. The highest BCUT2D eigenvalue weighted by Crippen LogP contribution is 2.26. The molecule has 0 saturated heterocycles. The molecule has 3 aromatic heterocycles. The van der Waals surface area contributed by atoms with E-state index in [0.717, 1.165) is 54.1 Å². The topological polar surface area (TPSA) is 118 Å².